The second-order valence-electron chi connectivity index (χ2n) is 6.10. The first kappa shape index (κ1) is 21.9. The molecule has 3 rings (SSSR count). The van der Waals surface area contributed by atoms with Gasteiger partial charge in [0.05, 0.1) is 16.7 Å². The van der Waals surface area contributed by atoms with Crippen LogP contribution < -0.4 is 4.74 Å². The number of hydrogen-bond donors (Lipinski definition) is 0. The predicted octanol–water partition coefficient (Wildman–Crippen LogP) is 3.33. The lowest BCUT2D eigenvalue weighted by Crippen LogP contribution is -2.14. The summed E-state index contributed by atoms with van der Waals surface area (Å²) >= 11 is 0. The molecular formula is C21H14F2N2O5S. The lowest BCUT2D eigenvalue weighted by molar-refractivity contribution is -0.0500. The van der Waals surface area contributed by atoms with Gasteiger partial charge in [0.2, 0.25) is 0 Å². The Labute approximate surface area is 176 Å². The first-order valence-electron chi connectivity index (χ1n) is 8.66. The fraction of sp³-hybridized carbons (Fsp3) is 0.0952. The van der Waals surface area contributed by atoms with Crippen LogP contribution in [0.3, 0.4) is 0 Å². The van der Waals surface area contributed by atoms with Gasteiger partial charge in [-0.25, -0.2) is 14.8 Å². The van der Waals surface area contributed by atoms with Crippen molar-refractivity contribution in [2.75, 3.05) is 0 Å². The summed E-state index contributed by atoms with van der Waals surface area (Å²) < 4.78 is 59.1. The van der Waals surface area contributed by atoms with Crippen LogP contribution in [0.5, 0.6) is 5.75 Å². The maximum atomic E-state index is 12.7. The minimum atomic E-state index is -4.38. The van der Waals surface area contributed by atoms with E-state index >= 15 is 0 Å². The van der Waals surface area contributed by atoms with Crippen LogP contribution in [0.2, 0.25) is 0 Å². The van der Waals surface area contributed by atoms with Crippen molar-refractivity contribution < 1.29 is 30.9 Å². The number of ether oxygens (including phenoxy) is 1. The van der Waals surface area contributed by atoms with E-state index in [1.165, 1.54) is 30.9 Å². The van der Waals surface area contributed by atoms with Crippen molar-refractivity contribution >= 4 is 16.1 Å². The molecule has 0 fully saturated rings. The zero-order valence-corrected chi connectivity index (χ0v) is 16.8. The van der Waals surface area contributed by atoms with Gasteiger partial charge in [0.25, 0.3) is 0 Å². The molecule has 0 saturated carbocycles. The van der Waals surface area contributed by atoms with Gasteiger partial charge in [-0.05, 0) is 37.3 Å². The van der Waals surface area contributed by atoms with Gasteiger partial charge in [-0.2, -0.15) is 17.2 Å². The van der Waals surface area contributed by atoms with Crippen LogP contribution in [0.4, 0.5) is 8.78 Å². The van der Waals surface area contributed by atoms with E-state index in [2.05, 4.69) is 30.7 Å². The molecule has 0 unspecified atom stereocenters. The molecule has 1 aromatic heterocycles. The van der Waals surface area contributed by atoms with Crippen molar-refractivity contribution in [2.24, 2.45) is 0 Å². The molecule has 0 N–H and O–H groups in total. The van der Waals surface area contributed by atoms with Gasteiger partial charge in [0.15, 0.2) is 0 Å². The zero-order valence-electron chi connectivity index (χ0n) is 16.0. The van der Waals surface area contributed by atoms with Crippen LogP contribution in [0.25, 0.3) is 0 Å². The molecule has 0 spiro atoms. The monoisotopic (exact) mass is 444 g/mol. The number of aromatic nitrogens is 2. The molecule has 7 nitrogen and oxygen atoms in total. The summed E-state index contributed by atoms with van der Waals surface area (Å²) in [7, 11) is -4.38. The Balaban J connectivity index is 1.91. The van der Waals surface area contributed by atoms with Crippen molar-refractivity contribution in [1.82, 2.24) is 9.97 Å². The lowest BCUT2D eigenvalue weighted by atomic mass is 10.1. The van der Waals surface area contributed by atoms with Crippen molar-refractivity contribution in [2.45, 2.75) is 18.4 Å². The van der Waals surface area contributed by atoms with E-state index in [1.807, 2.05) is 0 Å². The second kappa shape index (κ2) is 9.32. The molecule has 3 aromatic rings. The summed E-state index contributed by atoms with van der Waals surface area (Å²) in [4.78, 5) is 19.8. The number of hydrogen-bond acceptors (Lipinski definition) is 7. The SMILES string of the molecule is Cc1ccc(S(=O)(=O)OC(=O)c2ccc(OC(F)F)c(C#Cc3cncnc3)c2)cc1. The van der Waals surface area contributed by atoms with Gasteiger partial charge in [-0.1, -0.05) is 29.5 Å². The highest BCUT2D eigenvalue weighted by molar-refractivity contribution is 7.87. The Bertz CT molecular complexity index is 1250. The van der Waals surface area contributed by atoms with E-state index < -0.39 is 22.7 Å². The Morgan fingerprint density at radius 3 is 2.35 bits per heavy atom. The molecule has 2 aromatic carbocycles. The molecule has 10 heteroatoms. The topological polar surface area (TPSA) is 95.5 Å². The molecule has 0 saturated heterocycles. The summed E-state index contributed by atoms with van der Waals surface area (Å²) in [6, 6.07) is 8.98. The second-order valence-corrected chi connectivity index (χ2v) is 7.65. The maximum absolute atomic E-state index is 12.7. The van der Waals surface area contributed by atoms with E-state index in [-0.39, 0.29) is 21.8 Å². The minimum absolute atomic E-state index is 0.0775. The van der Waals surface area contributed by atoms with Crippen LogP contribution in [0.1, 0.15) is 27.0 Å². The van der Waals surface area contributed by atoms with Gasteiger partial charge in [0, 0.05) is 12.4 Å². The summed E-state index contributed by atoms with van der Waals surface area (Å²) in [6.07, 6.45) is 4.10. The fourth-order valence-corrected chi connectivity index (χ4v) is 3.22. The molecule has 0 atom stereocenters. The summed E-state index contributed by atoms with van der Waals surface area (Å²) in [5.41, 5.74) is 0.921. The van der Waals surface area contributed by atoms with E-state index in [4.69, 9.17) is 0 Å². The molecule has 1 heterocycles. The molecule has 0 aliphatic heterocycles. The van der Waals surface area contributed by atoms with Crippen molar-refractivity contribution in [3.8, 4) is 17.6 Å². The largest absolute Gasteiger partial charge is 0.434 e. The Hall–Kier alpha value is -3.84. The normalized spacial score (nSPS) is 10.8. The third-order valence-electron chi connectivity index (χ3n) is 3.83. The first-order chi connectivity index (χ1) is 14.7. The van der Waals surface area contributed by atoms with E-state index in [9.17, 15) is 22.0 Å². The van der Waals surface area contributed by atoms with Gasteiger partial charge in [0.1, 0.15) is 17.0 Å². The molecule has 0 radical (unpaired) electrons. The molecule has 31 heavy (non-hydrogen) atoms. The van der Waals surface area contributed by atoms with E-state index in [0.29, 0.717) is 5.56 Å². The molecule has 0 bridgehead atoms. The third kappa shape index (κ3) is 5.83. The van der Waals surface area contributed by atoms with Crippen molar-refractivity contribution in [3.05, 3.63) is 83.4 Å². The number of carbonyl (C=O) groups is 1. The highest BCUT2D eigenvalue weighted by Crippen LogP contribution is 2.23. The number of carbonyl (C=O) groups excluding carboxylic acids is 1. The van der Waals surface area contributed by atoms with Gasteiger partial charge >= 0.3 is 22.7 Å². The Morgan fingerprint density at radius 2 is 1.71 bits per heavy atom. The highest BCUT2D eigenvalue weighted by Gasteiger charge is 2.22. The average Bonchev–Trinajstić information content (AvgIpc) is 2.73. The number of alkyl halides is 2. The molecule has 0 aliphatic carbocycles. The van der Waals surface area contributed by atoms with Gasteiger partial charge < -0.3 is 8.92 Å². The van der Waals surface area contributed by atoms with Crippen LogP contribution in [0.15, 0.2) is 66.1 Å². The highest BCUT2D eigenvalue weighted by atomic mass is 32.2. The minimum Gasteiger partial charge on any atom is -0.434 e. The van der Waals surface area contributed by atoms with Crippen LogP contribution in [0, 0.1) is 18.8 Å². The Kier molecular flexibility index (Phi) is 6.57. The number of nitrogens with zero attached hydrogens (tertiary/aromatic N) is 2. The smallest absolute Gasteiger partial charge is 0.387 e. The summed E-state index contributed by atoms with van der Waals surface area (Å²) in [5.74, 6) is 3.74. The summed E-state index contributed by atoms with van der Waals surface area (Å²) in [6.45, 7) is -1.35. The third-order valence-corrected chi connectivity index (χ3v) is 5.05. The van der Waals surface area contributed by atoms with Crippen LogP contribution >= 0.6 is 0 Å². The maximum Gasteiger partial charge on any atom is 0.387 e. The quantitative estimate of drug-likeness (QED) is 0.440. The molecule has 0 amide bonds. The average molecular weight is 444 g/mol. The molecule has 158 valence electrons. The first-order valence-corrected chi connectivity index (χ1v) is 10.1. The van der Waals surface area contributed by atoms with E-state index in [1.54, 1.807) is 19.1 Å². The van der Waals surface area contributed by atoms with Crippen molar-refractivity contribution in [1.29, 1.82) is 0 Å². The molecular weight excluding hydrogens is 430 g/mol. The molecule has 0 aliphatic rings. The predicted molar refractivity (Wildman–Crippen MR) is 105 cm³/mol. The Morgan fingerprint density at radius 1 is 1.03 bits per heavy atom. The standard InChI is InChI=1S/C21H14F2N2O5S/c1-14-2-7-18(8-3-14)31(27,28)30-20(26)17-6-9-19(29-21(22)23)16(10-17)5-4-15-11-24-13-25-12-15/h2-3,6-13,21H,1H3. The number of rotatable bonds is 5. The summed E-state index contributed by atoms with van der Waals surface area (Å²) in [5, 5.41) is 0. The van der Waals surface area contributed by atoms with Crippen LogP contribution in [-0.2, 0) is 14.3 Å². The van der Waals surface area contributed by atoms with Gasteiger partial charge in [-0.3, -0.25) is 0 Å². The lowest BCUT2D eigenvalue weighted by Gasteiger charge is -2.09. The van der Waals surface area contributed by atoms with Crippen molar-refractivity contribution in [3.63, 3.8) is 0 Å². The van der Waals surface area contributed by atoms with E-state index in [0.717, 1.165) is 23.8 Å². The number of aryl methyl sites for hydroxylation is 1. The van der Waals surface area contributed by atoms with Crippen LogP contribution in [-0.4, -0.2) is 31.0 Å². The van der Waals surface area contributed by atoms with Gasteiger partial charge in [-0.15, -0.1) is 0 Å². The zero-order chi connectivity index (χ0) is 22.4. The number of halogens is 2. The number of benzene rings is 2. The fourth-order valence-electron chi connectivity index (χ4n) is 2.36.